The summed E-state index contributed by atoms with van der Waals surface area (Å²) in [5.41, 5.74) is 8.43. The topological polar surface area (TPSA) is 94.7 Å². The molecule has 7 heteroatoms. The van der Waals surface area contributed by atoms with Crippen LogP contribution in [-0.2, 0) is 11.2 Å². The Labute approximate surface area is 161 Å². The quantitative estimate of drug-likeness (QED) is 0.648. The van der Waals surface area contributed by atoms with Crippen LogP contribution in [0.3, 0.4) is 0 Å². The van der Waals surface area contributed by atoms with Crippen LogP contribution in [-0.4, -0.2) is 36.3 Å². The molecule has 1 atom stereocenters. The van der Waals surface area contributed by atoms with E-state index in [1.54, 1.807) is 25.6 Å². The first-order valence-electron chi connectivity index (χ1n) is 8.27. The highest BCUT2D eigenvalue weighted by molar-refractivity contribution is 7.18. The zero-order chi connectivity index (χ0) is 19.4. The maximum Gasteiger partial charge on any atom is 0.320 e. The molecule has 0 unspecified atom stereocenters. The Hall–Kier alpha value is -2.90. The van der Waals surface area contributed by atoms with Gasteiger partial charge in [0.2, 0.25) is 0 Å². The van der Waals surface area contributed by atoms with Gasteiger partial charge in [0.1, 0.15) is 11.0 Å². The Bertz CT molecular complexity index is 937. The van der Waals surface area contributed by atoms with Crippen LogP contribution in [0, 0.1) is 0 Å². The molecule has 1 heterocycles. The molecule has 27 heavy (non-hydrogen) atoms. The molecule has 2 aromatic carbocycles. The van der Waals surface area contributed by atoms with E-state index in [0.717, 1.165) is 26.6 Å². The van der Waals surface area contributed by atoms with Crippen molar-refractivity contribution in [3.8, 4) is 32.5 Å². The van der Waals surface area contributed by atoms with E-state index >= 15 is 0 Å². The average Bonchev–Trinajstić information content (AvgIpc) is 3.18. The van der Waals surface area contributed by atoms with Crippen molar-refractivity contribution in [2.75, 3.05) is 14.2 Å². The first-order valence-corrected chi connectivity index (χ1v) is 9.09. The lowest BCUT2D eigenvalue weighted by molar-refractivity contribution is -0.138. The zero-order valence-corrected chi connectivity index (χ0v) is 15.8. The molecule has 0 aliphatic carbocycles. The molecule has 6 nitrogen and oxygen atoms in total. The zero-order valence-electron chi connectivity index (χ0n) is 15.0. The summed E-state index contributed by atoms with van der Waals surface area (Å²) in [7, 11) is 3.22. The van der Waals surface area contributed by atoms with Gasteiger partial charge in [-0.15, -0.1) is 11.3 Å². The van der Waals surface area contributed by atoms with Gasteiger partial charge in [0.25, 0.3) is 0 Å². The number of ether oxygens (including phenoxy) is 2. The van der Waals surface area contributed by atoms with Gasteiger partial charge in [0.15, 0.2) is 11.5 Å². The second kappa shape index (κ2) is 8.20. The van der Waals surface area contributed by atoms with Gasteiger partial charge in [0, 0.05) is 11.8 Å². The van der Waals surface area contributed by atoms with E-state index in [2.05, 4.69) is 4.98 Å². The number of rotatable bonds is 7. The maximum absolute atomic E-state index is 10.9. The van der Waals surface area contributed by atoms with Crippen LogP contribution in [0.1, 0.15) is 5.56 Å². The predicted octanol–water partition coefficient (Wildman–Crippen LogP) is 3.45. The number of aliphatic carboxylic acids is 1. The lowest BCUT2D eigenvalue weighted by Crippen LogP contribution is -2.32. The summed E-state index contributed by atoms with van der Waals surface area (Å²) in [5.74, 6) is 0.351. The van der Waals surface area contributed by atoms with E-state index in [9.17, 15) is 4.79 Å². The van der Waals surface area contributed by atoms with Gasteiger partial charge in [-0.2, -0.15) is 0 Å². The molecule has 0 aliphatic rings. The third kappa shape index (κ3) is 4.27. The van der Waals surface area contributed by atoms with E-state index in [1.807, 2.05) is 48.7 Å². The van der Waals surface area contributed by atoms with Crippen molar-refractivity contribution in [1.82, 2.24) is 4.98 Å². The standard InChI is InChI=1S/C20H20N2O4S/c1-25-16-8-7-14(10-17(16)26-2)18-11-22-19(27-18)13-5-3-12(4-6-13)9-15(21)20(23)24/h3-8,10-11,15H,9,21H2,1-2H3,(H,23,24)/t15-/m0/s1. The number of carboxylic acids is 1. The average molecular weight is 384 g/mol. The Balaban J connectivity index is 1.80. The SMILES string of the molecule is COc1ccc(-c2cnc(-c3ccc(C[C@H](N)C(=O)O)cc3)s2)cc1OC. The van der Waals surface area contributed by atoms with Gasteiger partial charge in [-0.1, -0.05) is 24.3 Å². The normalized spacial score (nSPS) is 11.8. The number of hydrogen-bond donors (Lipinski definition) is 2. The largest absolute Gasteiger partial charge is 0.493 e. The number of benzene rings is 2. The van der Waals surface area contributed by atoms with Crippen LogP contribution in [0.15, 0.2) is 48.7 Å². The second-order valence-corrected chi connectivity index (χ2v) is 6.98. The highest BCUT2D eigenvalue weighted by Crippen LogP contribution is 2.36. The molecule has 0 aliphatic heterocycles. The smallest absolute Gasteiger partial charge is 0.320 e. The van der Waals surface area contributed by atoms with Crippen molar-refractivity contribution in [3.05, 3.63) is 54.2 Å². The van der Waals surface area contributed by atoms with Gasteiger partial charge in [-0.05, 0) is 35.7 Å². The Morgan fingerprint density at radius 1 is 1.11 bits per heavy atom. The minimum absolute atomic E-state index is 0.296. The third-order valence-electron chi connectivity index (χ3n) is 4.15. The third-order valence-corrected chi connectivity index (χ3v) is 5.24. The first-order chi connectivity index (χ1) is 13.0. The van der Waals surface area contributed by atoms with Crippen LogP contribution in [0.25, 0.3) is 21.0 Å². The van der Waals surface area contributed by atoms with Crippen LogP contribution >= 0.6 is 11.3 Å². The highest BCUT2D eigenvalue weighted by atomic mass is 32.1. The number of aromatic nitrogens is 1. The number of carboxylic acid groups (broad SMARTS) is 1. The second-order valence-electron chi connectivity index (χ2n) is 5.95. The molecule has 0 saturated heterocycles. The number of nitrogens with two attached hydrogens (primary N) is 1. The summed E-state index contributed by atoms with van der Waals surface area (Å²) in [4.78, 5) is 16.4. The molecular formula is C20H20N2O4S. The van der Waals surface area contributed by atoms with Crippen molar-refractivity contribution < 1.29 is 19.4 Å². The lowest BCUT2D eigenvalue weighted by atomic mass is 10.1. The van der Waals surface area contributed by atoms with E-state index < -0.39 is 12.0 Å². The lowest BCUT2D eigenvalue weighted by Gasteiger charge is -2.08. The molecule has 3 rings (SSSR count). The fourth-order valence-corrected chi connectivity index (χ4v) is 3.57. The van der Waals surface area contributed by atoms with E-state index in [4.69, 9.17) is 20.3 Å². The van der Waals surface area contributed by atoms with Gasteiger partial charge in [0.05, 0.1) is 19.1 Å². The van der Waals surface area contributed by atoms with Crippen molar-refractivity contribution in [3.63, 3.8) is 0 Å². The van der Waals surface area contributed by atoms with Crippen LogP contribution in [0.4, 0.5) is 0 Å². The van der Waals surface area contributed by atoms with Gasteiger partial charge < -0.3 is 20.3 Å². The van der Waals surface area contributed by atoms with Gasteiger partial charge >= 0.3 is 5.97 Å². The molecule has 0 fully saturated rings. The Morgan fingerprint density at radius 2 is 1.78 bits per heavy atom. The Kier molecular flexibility index (Phi) is 5.73. The Morgan fingerprint density at radius 3 is 2.41 bits per heavy atom. The number of hydrogen-bond acceptors (Lipinski definition) is 6. The van der Waals surface area contributed by atoms with Gasteiger partial charge in [-0.3, -0.25) is 4.79 Å². The molecule has 0 spiro atoms. The van der Waals surface area contributed by atoms with Crippen molar-refractivity contribution in [2.24, 2.45) is 5.73 Å². The monoisotopic (exact) mass is 384 g/mol. The fourth-order valence-electron chi connectivity index (χ4n) is 2.66. The van der Waals surface area contributed by atoms with E-state index in [-0.39, 0.29) is 0 Å². The van der Waals surface area contributed by atoms with Crippen molar-refractivity contribution in [1.29, 1.82) is 0 Å². The van der Waals surface area contributed by atoms with E-state index in [1.165, 1.54) is 0 Å². The van der Waals surface area contributed by atoms with Gasteiger partial charge in [-0.25, -0.2) is 4.98 Å². The summed E-state index contributed by atoms with van der Waals surface area (Å²) in [6, 6.07) is 12.5. The molecule has 0 amide bonds. The minimum atomic E-state index is -1.00. The number of methoxy groups -OCH3 is 2. The summed E-state index contributed by atoms with van der Waals surface area (Å²) >= 11 is 1.57. The van der Waals surface area contributed by atoms with Crippen LogP contribution in [0.5, 0.6) is 11.5 Å². The first kappa shape index (κ1) is 18.9. The molecule has 0 saturated carbocycles. The van der Waals surface area contributed by atoms with E-state index in [0.29, 0.717) is 17.9 Å². The van der Waals surface area contributed by atoms with Crippen molar-refractivity contribution in [2.45, 2.75) is 12.5 Å². The molecule has 140 valence electrons. The summed E-state index contributed by atoms with van der Waals surface area (Å²) in [6.07, 6.45) is 2.12. The summed E-state index contributed by atoms with van der Waals surface area (Å²) in [5, 5.41) is 9.79. The minimum Gasteiger partial charge on any atom is -0.493 e. The summed E-state index contributed by atoms with van der Waals surface area (Å²) in [6.45, 7) is 0. The highest BCUT2D eigenvalue weighted by Gasteiger charge is 2.13. The molecule has 0 bridgehead atoms. The van der Waals surface area contributed by atoms with Crippen LogP contribution in [0.2, 0.25) is 0 Å². The van der Waals surface area contributed by atoms with Crippen molar-refractivity contribution >= 4 is 17.3 Å². The maximum atomic E-state index is 10.9. The molecule has 1 aromatic heterocycles. The number of carbonyl (C=O) groups is 1. The predicted molar refractivity (Wildman–Crippen MR) is 105 cm³/mol. The van der Waals surface area contributed by atoms with Crippen LogP contribution < -0.4 is 15.2 Å². The molecule has 3 aromatic rings. The molecule has 0 radical (unpaired) electrons. The molecular weight excluding hydrogens is 364 g/mol. The number of thiazole rings is 1. The summed E-state index contributed by atoms with van der Waals surface area (Å²) < 4.78 is 10.6. The fraction of sp³-hybridized carbons (Fsp3) is 0.200. The number of nitrogens with zero attached hydrogens (tertiary/aromatic N) is 1. The molecule has 3 N–H and O–H groups in total.